The van der Waals surface area contributed by atoms with E-state index in [1.165, 1.54) is 5.56 Å². The number of amides is 1. The van der Waals surface area contributed by atoms with Gasteiger partial charge in [-0.3, -0.25) is 4.79 Å². The number of carbonyl (C=O) groups excluding carboxylic acids is 1. The second-order valence-electron chi connectivity index (χ2n) is 3.01. The van der Waals surface area contributed by atoms with Gasteiger partial charge < -0.3 is 5.73 Å². The Labute approximate surface area is 86.1 Å². The molecule has 0 fully saturated rings. The second-order valence-corrected chi connectivity index (χ2v) is 3.01. The maximum absolute atomic E-state index is 11.1. The van der Waals surface area contributed by atoms with Gasteiger partial charge in [-0.05, 0) is 30.0 Å². The van der Waals surface area contributed by atoms with E-state index < -0.39 is 0 Å². The highest BCUT2D eigenvalue weighted by Gasteiger charge is 2.08. The van der Waals surface area contributed by atoms with Crippen LogP contribution in [-0.4, -0.2) is 5.91 Å². The number of benzene rings is 1. The van der Waals surface area contributed by atoms with Gasteiger partial charge in [-0.2, -0.15) is 0 Å². The first-order chi connectivity index (χ1) is 6.20. The number of carbonyl (C=O) groups is 1. The lowest BCUT2D eigenvalue weighted by atomic mass is 9.97. The van der Waals surface area contributed by atoms with Crippen LogP contribution in [0.3, 0.4) is 0 Å². The lowest BCUT2D eigenvalue weighted by molar-refractivity contribution is 0.0999. The highest BCUT2D eigenvalue weighted by atomic mass is 16.1. The van der Waals surface area contributed by atoms with Crippen molar-refractivity contribution in [2.24, 2.45) is 5.73 Å². The summed E-state index contributed by atoms with van der Waals surface area (Å²) in [5.41, 5.74) is 8.26. The average molecular weight is 193 g/mol. The third-order valence-electron chi connectivity index (χ3n) is 2.27. The molecule has 0 saturated carbocycles. The second kappa shape index (κ2) is 5.43. The molecule has 0 aliphatic heterocycles. The Morgan fingerprint density at radius 2 is 1.93 bits per heavy atom. The maximum atomic E-state index is 11.1. The molecule has 78 valence electrons. The molecule has 2 nitrogen and oxygen atoms in total. The third-order valence-corrected chi connectivity index (χ3v) is 2.27. The van der Waals surface area contributed by atoms with Crippen molar-refractivity contribution in [2.45, 2.75) is 34.1 Å². The molecule has 0 aromatic heterocycles. The highest BCUT2D eigenvalue weighted by molar-refractivity contribution is 5.94. The normalized spacial score (nSPS) is 9.29. The smallest absolute Gasteiger partial charge is 0.248 e. The van der Waals surface area contributed by atoms with E-state index in [0.717, 1.165) is 18.4 Å². The van der Waals surface area contributed by atoms with Gasteiger partial charge in [0, 0.05) is 5.56 Å². The monoisotopic (exact) mass is 193 g/mol. The summed E-state index contributed by atoms with van der Waals surface area (Å²) >= 11 is 0. The lowest BCUT2D eigenvalue weighted by Gasteiger charge is -2.09. The van der Waals surface area contributed by atoms with E-state index in [1.54, 1.807) is 6.07 Å². The van der Waals surface area contributed by atoms with E-state index in [0.29, 0.717) is 5.56 Å². The van der Waals surface area contributed by atoms with Gasteiger partial charge in [-0.25, -0.2) is 0 Å². The van der Waals surface area contributed by atoms with Gasteiger partial charge in [0.15, 0.2) is 0 Å². The van der Waals surface area contributed by atoms with E-state index in [9.17, 15) is 4.79 Å². The molecule has 1 rings (SSSR count). The van der Waals surface area contributed by atoms with Crippen LogP contribution in [-0.2, 0) is 12.8 Å². The summed E-state index contributed by atoms with van der Waals surface area (Å²) in [4.78, 5) is 11.1. The van der Waals surface area contributed by atoms with Crippen molar-refractivity contribution in [3.63, 3.8) is 0 Å². The minimum atomic E-state index is -0.327. The molecule has 14 heavy (non-hydrogen) atoms. The van der Waals surface area contributed by atoms with Crippen molar-refractivity contribution < 1.29 is 4.79 Å². The molecular formula is C12H19NO. The molecule has 2 N–H and O–H groups in total. The molecule has 0 bridgehead atoms. The Morgan fingerprint density at radius 1 is 1.29 bits per heavy atom. The fourth-order valence-corrected chi connectivity index (χ4v) is 1.61. The Morgan fingerprint density at radius 3 is 2.36 bits per heavy atom. The van der Waals surface area contributed by atoms with Crippen LogP contribution < -0.4 is 5.73 Å². The van der Waals surface area contributed by atoms with E-state index in [2.05, 4.69) is 6.92 Å². The van der Waals surface area contributed by atoms with Gasteiger partial charge in [0.05, 0.1) is 0 Å². The zero-order valence-electron chi connectivity index (χ0n) is 8.13. The summed E-state index contributed by atoms with van der Waals surface area (Å²) in [7, 11) is 0. The summed E-state index contributed by atoms with van der Waals surface area (Å²) in [6.07, 6.45) is 1.81. The standard InChI is InChI=1S/C11H15NO.CH4/c1-3-8-6-5-7-10(11(12)13)9(8)4-2;/h5-7H,3-4H2,1-2H3,(H2,12,13);1H4. The van der Waals surface area contributed by atoms with Gasteiger partial charge >= 0.3 is 0 Å². The van der Waals surface area contributed by atoms with Crippen LogP contribution in [0.25, 0.3) is 0 Å². The van der Waals surface area contributed by atoms with Crippen molar-refractivity contribution >= 4 is 5.91 Å². The molecule has 0 atom stereocenters. The number of hydrogen-bond donors (Lipinski definition) is 1. The Balaban J connectivity index is 0.00000169. The number of nitrogens with two attached hydrogens (primary N) is 1. The van der Waals surface area contributed by atoms with Crippen molar-refractivity contribution in [3.05, 3.63) is 34.9 Å². The molecule has 2 heteroatoms. The molecule has 0 saturated heterocycles. The summed E-state index contributed by atoms with van der Waals surface area (Å²) < 4.78 is 0. The SMILES string of the molecule is C.CCc1cccc(C(N)=O)c1CC. The van der Waals surface area contributed by atoms with Crippen LogP contribution in [0.4, 0.5) is 0 Å². The predicted molar refractivity (Wildman–Crippen MR) is 60.4 cm³/mol. The topological polar surface area (TPSA) is 43.1 Å². The van der Waals surface area contributed by atoms with Gasteiger partial charge in [-0.15, -0.1) is 0 Å². The van der Waals surface area contributed by atoms with Crippen LogP contribution in [0.5, 0.6) is 0 Å². The number of rotatable bonds is 3. The summed E-state index contributed by atoms with van der Waals surface area (Å²) in [6.45, 7) is 4.13. The lowest BCUT2D eigenvalue weighted by Crippen LogP contribution is -2.14. The van der Waals surface area contributed by atoms with Crippen LogP contribution in [0.15, 0.2) is 18.2 Å². The fourth-order valence-electron chi connectivity index (χ4n) is 1.61. The molecule has 0 heterocycles. The van der Waals surface area contributed by atoms with E-state index in [1.807, 2.05) is 19.1 Å². The summed E-state index contributed by atoms with van der Waals surface area (Å²) in [6, 6.07) is 5.73. The van der Waals surface area contributed by atoms with E-state index >= 15 is 0 Å². The Hall–Kier alpha value is -1.31. The first-order valence-corrected chi connectivity index (χ1v) is 4.61. The Kier molecular flexibility index (Phi) is 4.92. The zero-order valence-corrected chi connectivity index (χ0v) is 8.13. The maximum Gasteiger partial charge on any atom is 0.248 e. The van der Waals surface area contributed by atoms with Crippen molar-refractivity contribution in [1.82, 2.24) is 0 Å². The van der Waals surface area contributed by atoms with Crippen molar-refractivity contribution in [1.29, 1.82) is 0 Å². The number of hydrogen-bond acceptors (Lipinski definition) is 1. The summed E-state index contributed by atoms with van der Waals surface area (Å²) in [5, 5.41) is 0. The molecule has 0 aliphatic rings. The van der Waals surface area contributed by atoms with Crippen LogP contribution >= 0.6 is 0 Å². The largest absolute Gasteiger partial charge is 0.366 e. The highest BCUT2D eigenvalue weighted by Crippen LogP contribution is 2.15. The van der Waals surface area contributed by atoms with Crippen LogP contribution in [0, 0.1) is 0 Å². The molecular weight excluding hydrogens is 174 g/mol. The van der Waals surface area contributed by atoms with Gasteiger partial charge in [-0.1, -0.05) is 33.4 Å². The quantitative estimate of drug-likeness (QED) is 0.787. The average Bonchev–Trinajstić information content (AvgIpc) is 2.16. The molecule has 0 radical (unpaired) electrons. The molecule has 0 aliphatic carbocycles. The molecule has 1 aromatic carbocycles. The Bertz CT molecular complexity index is 318. The number of aryl methyl sites for hydroxylation is 1. The van der Waals surface area contributed by atoms with Gasteiger partial charge in [0.25, 0.3) is 0 Å². The van der Waals surface area contributed by atoms with E-state index in [-0.39, 0.29) is 13.3 Å². The fraction of sp³-hybridized carbons (Fsp3) is 0.417. The van der Waals surface area contributed by atoms with Crippen LogP contribution in [0.2, 0.25) is 0 Å². The third kappa shape index (κ3) is 2.34. The molecule has 1 amide bonds. The van der Waals surface area contributed by atoms with Gasteiger partial charge in [0.2, 0.25) is 5.91 Å². The zero-order chi connectivity index (χ0) is 9.84. The number of primary amides is 1. The molecule has 0 spiro atoms. The van der Waals surface area contributed by atoms with E-state index in [4.69, 9.17) is 5.73 Å². The van der Waals surface area contributed by atoms with Crippen LogP contribution in [0.1, 0.15) is 42.8 Å². The summed E-state index contributed by atoms with van der Waals surface area (Å²) in [5.74, 6) is -0.327. The van der Waals surface area contributed by atoms with Crippen molar-refractivity contribution in [2.75, 3.05) is 0 Å². The van der Waals surface area contributed by atoms with Crippen molar-refractivity contribution in [3.8, 4) is 0 Å². The molecule has 1 aromatic rings. The predicted octanol–water partition coefficient (Wildman–Crippen LogP) is 2.55. The van der Waals surface area contributed by atoms with Gasteiger partial charge in [0.1, 0.15) is 0 Å². The minimum absolute atomic E-state index is 0. The first-order valence-electron chi connectivity index (χ1n) is 4.61. The molecule has 0 unspecified atom stereocenters. The minimum Gasteiger partial charge on any atom is -0.366 e. The first kappa shape index (κ1) is 12.7.